The standard InChI is InChI=1S/C22H27F2NO/c1-25(2)21-9-4-3-7-16(21)13-18-8-5-6-12-22(18,26)15-17-14-19(23)10-11-20(17)24/h3-4,7,9-11,14,18,26H,5-6,8,12-13,15H2,1-2H3. The van der Waals surface area contributed by atoms with E-state index in [0.717, 1.165) is 43.5 Å². The number of hydrogen-bond donors (Lipinski definition) is 1. The van der Waals surface area contributed by atoms with Gasteiger partial charge in [0.2, 0.25) is 0 Å². The molecule has 2 aromatic carbocycles. The fourth-order valence-electron chi connectivity index (χ4n) is 4.21. The molecule has 1 N–H and O–H groups in total. The number of halogens is 2. The molecule has 0 aliphatic heterocycles. The van der Waals surface area contributed by atoms with Gasteiger partial charge in [-0.1, -0.05) is 31.0 Å². The first-order valence-electron chi connectivity index (χ1n) is 9.30. The molecule has 0 bridgehead atoms. The summed E-state index contributed by atoms with van der Waals surface area (Å²) in [6.07, 6.45) is 4.39. The topological polar surface area (TPSA) is 23.5 Å². The van der Waals surface area contributed by atoms with Gasteiger partial charge in [0, 0.05) is 26.2 Å². The number of aliphatic hydroxyl groups is 1. The van der Waals surface area contributed by atoms with Gasteiger partial charge in [-0.15, -0.1) is 0 Å². The number of nitrogens with zero attached hydrogens (tertiary/aromatic N) is 1. The van der Waals surface area contributed by atoms with E-state index < -0.39 is 17.2 Å². The van der Waals surface area contributed by atoms with E-state index in [1.807, 2.05) is 26.2 Å². The minimum absolute atomic E-state index is 0.0278. The average Bonchev–Trinajstić information content (AvgIpc) is 2.60. The molecule has 2 atom stereocenters. The minimum Gasteiger partial charge on any atom is -0.389 e. The summed E-state index contributed by atoms with van der Waals surface area (Å²) in [6, 6.07) is 11.7. The monoisotopic (exact) mass is 359 g/mol. The van der Waals surface area contributed by atoms with Gasteiger partial charge in [-0.3, -0.25) is 0 Å². The lowest BCUT2D eigenvalue weighted by molar-refractivity contribution is -0.0481. The van der Waals surface area contributed by atoms with Crippen LogP contribution in [0.1, 0.15) is 36.8 Å². The van der Waals surface area contributed by atoms with Crippen molar-refractivity contribution in [1.82, 2.24) is 0 Å². The van der Waals surface area contributed by atoms with E-state index >= 15 is 0 Å². The van der Waals surface area contributed by atoms with E-state index in [-0.39, 0.29) is 17.9 Å². The van der Waals surface area contributed by atoms with E-state index in [4.69, 9.17) is 0 Å². The first-order valence-corrected chi connectivity index (χ1v) is 9.30. The zero-order chi connectivity index (χ0) is 18.7. The van der Waals surface area contributed by atoms with E-state index in [9.17, 15) is 13.9 Å². The van der Waals surface area contributed by atoms with Crippen LogP contribution in [0.2, 0.25) is 0 Å². The van der Waals surface area contributed by atoms with Gasteiger partial charge in [0.15, 0.2) is 0 Å². The normalized spacial score (nSPS) is 23.0. The summed E-state index contributed by atoms with van der Waals surface area (Å²) >= 11 is 0. The molecular formula is C22H27F2NO. The summed E-state index contributed by atoms with van der Waals surface area (Å²) in [4.78, 5) is 2.07. The van der Waals surface area contributed by atoms with Gasteiger partial charge in [0.25, 0.3) is 0 Å². The van der Waals surface area contributed by atoms with Crippen LogP contribution in [0.15, 0.2) is 42.5 Å². The third-order valence-corrected chi connectivity index (χ3v) is 5.62. The summed E-state index contributed by atoms with van der Waals surface area (Å²) in [5, 5.41) is 11.4. The third kappa shape index (κ3) is 4.07. The summed E-state index contributed by atoms with van der Waals surface area (Å²) in [6.45, 7) is 0. The second-order valence-corrected chi connectivity index (χ2v) is 7.69. The molecule has 1 aliphatic carbocycles. The van der Waals surface area contributed by atoms with Crippen LogP contribution in [-0.2, 0) is 12.8 Å². The summed E-state index contributed by atoms with van der Waals surface area (Å²) < 4.78 is 27.7. The van der Waals surface area contributed by atoms with Crippen molar-refractivity contribution in [1.29, 1.82) is 0 Å². The van der Waals surface area contributed by atoms with E-state index in [0.29, 0.717) is 6.42 Å². The molecule has 1 fully saturated rings. The highest BCUT2D eigenvalue weighted by atomic mass is 19.1. The Labute approximate surface area is 154 Å². The first kappa shape index (κ1) is 18.8. The largest absolute Gasteiger partial charge is 0.389 e. The zero-order valence-electron chi connectivity index (χ0n) is 15.5. The van der Waals surface area contributed by atoms with E-state index in [1.165, 1.54) is 11.6 Å². The van der Waals surface area contributed by atoms with Gasteiger partial charge in [-0.05, 0) is 60.6 Å². The highest BCUT2D eigenvalue weighted by Crippen LogP contribution is 2.40. The quantitative estimate of drug-likeness (QED) is 0.834. The van der Waals surface area contributed by atoms with Crippen LogP contribution in [0.4, 0.5) is 14.5 Å². The third-order valence-electron chi connectivity index (χ3n) is 5.62. The summed E-state index contributed by atoms with van der Waals surface area (Å²) in [5.41, 5.74) is 1.58. The first-order chi connectivity index (χ1) is 12.4. The highest BCUT2D eigenvalue weighted by Gasteiger charge is 2.39. The Balaban J connectivity index is 1.87. The fourth-order valence-corrected chi connectivity index (χ4v) is 4.21. The number of rotatable bonds is 5. The average molecular weight is 359 g/mol. The van der Waals surface area contributed by atoms with Gasteiger partial charge in [0.1, 0.15) is 11.6 Å². The second-order valence-electron chi connectivity index (χ2n) is 7.69. The molecule has 0 radical (unpaired) electrons. The fraction of sp³-hybridized carbons (Fsp3) is 0.455. The Morgan fingerprint density at radius 1 is 1.08 bits per heavy atom. The Kier molecular flexibility index (Phi) is 5.61. The maximum atomic E-state index is 14.1. The van der Waals surface area contributed by atoms with Crippen LogP contribution < -0.4 is 4.90 Å². The van der Waals surface area contributed by atoms with Crippen molar-refractivity contribution in [2.24, 2.45) is 5.92 Å². The Morgan fingerprint density at radius 3 is 2.62 bits per heavy atom. The van der Waals surface area contributed by atoms with Crippen molar-refractivity contribution in [2.45, 2.75) is 44.1 Å². The lowest BCUT2D eigenvalue weighted by Gasteiger charge is -2.41. The number of hydrogen-bond acceptors (Lipinski definition) is 2. The van der Waals surface area contributed by atoms with E-state index in [1.54, 1.807) is 0 Å². The molecule has 0 amide bonds. The molecule has 1 aliphatic rings. The van der Waals surface area contributed by atoms with Crippen LogP contribution in [0, 0.1) is 17.6 Å². The van der Waals surface area contributed by atoms with Gasteiger partial charge in [0.05, 0.1) is 5.60 Å². The van der Waals surface area contributed by atoms with Crippen molar-refractivity contribution < 1.29 is 13.9 Å². The van der Waals surface area contributed by atoms with Crippen LogP contribution in [0.25, 0.3) is 0 Å². The van der Waals surface area contributed by atoms with Crippen LogP contribution in [0.3, 0.4) is 0 Å². The molecule has 0 saturated heterocycles. The molecule has 3 rings (SSSR count). The molecule has 2 nitrogen and oxygen atoms in total. The van der Waals surface area contributed by atoms with Gasteiger partial charge >= 0.3 is 0 Å². The summed E-state index contributed by atoms with van der Waals surface area (Å²) in [7, 11) is 4.02. The van der Waals surface area contributed by atoms with E-state index in [2.05, 4.69) is 17.0 Å². The SMILES string of the molecule is CN(C)c1ccccc1CC1CCCCC1(O)Cc1cc(F)ccc1F. The van der Waals surface area contributed by atoms with Crippen molar-refractivity contribution >= 4 is 5.69 Å². The highest BCUT2D eigenvalue weighted by molar-refractivity contribution is 5.52. The number of anilines is 1. The number of benzene rings is 2. The van der Waals surface area contributed by atoms with Crippen molar-refractivity contribution in [3.63, 3.8) is 0 Å². The predicted octanol–water partition coefficient (Wildman–Crippen LogP) is 4.74. The molecule has 1 saturated carbocycles. The van der Waals surface area contributed by atoms with Crippen LogP contribution in [-0.4, -0.2) is 24.8 Å². The molecular weight excluding hydrogens is 332 g/mol. The lowest BCUT2D eigenvalue weighted by Crippen LogP contribution is -2.44. The van der Waals surface area contributed by atoms with Gasteiger partial charge in [-0.25, -0.2) is 8.78 Å². The molecule has 140 valence electrons. The zero-order valence-corrected chi connectivity index (χ0v) is 15.5. The molecule has 2 aromatic rings. The Morgan fingerprint density at radius 2 is 1.85 bits per heavy atom. The molecule has 0 heterocycles. The molecule has 2 unspecified atom stereocenters. The molecule has 0 spiro atoms. The number of para-hydroxylation sites is 1. The van der Waals surface area contributed by atoms with Gasteiger partial charge < -0.3 is 10.0 Å². The Hall–Kier alpha value is -1.94. The maximum Gasteiger partial charge on any atom is 0.126 e. The second kappa shape index (κ2) is 7.75. The van der Waals surface area contributed by atoms with Crippen molar-refractivity contribution in [3.05, 3.63) is 65.2 Å². The molecule has 26 heavy (non-hydrogen) atoms. The maximum absolute atomic E-state index is 14.1. The smallest absolute Gasteiger partial charge is 0.126 e. The summed E-state index contributed by atoms with van der Waals surface area (Å²) in [5.74, 6) is -0.881. The molecule has 0 aromatic heterocycles. The lowest BCUT2D eigenvalue weighted by atomic mass is 9.70. The van der Waals surface area contributed by atoms with Crippen LogP contribution in [0.5, 0.6) is 0 Å². The van der Waals surface area contributed by atoms with Crippen molar-refractivity contribution in [2.75, 3.05) is 19.0 Å². The van der Waals surface area contributed by atoms with Gasteiger partial charge in [-0.2, -0.15) is 0 Å². The van der Waals surface area contributed by atoms with Crippen LogP contribution >= 0.6 is 0 Å². The minimum atomic E-state index is -1.01. The Bertz CT molecular complexity index is 762. The molecule has 4 heteroatoms. The predicted molar refractivity (Wildman–Crippen MR) is 101 cm³/mol. The van der Waals surface area contributed by atoms with Crippen molar-refractivity contribution in [3.8, 4) is 0 Å².